The zero-order valence-electron chi connectivity index (χ0n) is 9.47. The lowest BCUT2D eigenvalue weighted by atomic mass is 10.4. The Bertz CT molecular complexity index is 445. The molecule has 0 aromatic carbocycles. The Morgan fingerprint density at radius 1 is 1.69 bits per heavy atom. The Hall–Kier alpha value is -1.94. The van der Waals surface area contributed by atoms with Gasteiger partial charge in [-0.25, -0.2) is 0 Å². The van der Waals surface area contributed by atoms with Crippen LogP contribution >= 0.6 is 0 Å². The second-order valence-corrected chi connectivity index (χ2v) is 3.46. The van der Waals surface area contributed by atoms with Crippen LogP contribution in [0.25, 0.3) is 0 Å². The summed E-state index contributed by atoms with van der Waals surface area (Å²) >= 11 is 0. The lowest BCUT2D eigenvalue weighted by molar-refractivity contribution is -0.390. The molecule has 0 amide bonds. The van der Waals surface area contributed by atoms with Gasteiger partial charge in [0, 0.05) is 13.6 Å². The molecule has 1 aromatic rings. The minimum absolute atomic E-state index is 0.0613. The average Bonchev–Trinajstić information content (AvgIpc) is 2.56. The Kier molecular flexibility index (Phi) is 3.58. The lowest BCUT2D eigenvalue weighted by Crippen LogP contribution is -2.19. The molecule has 0 unspecified atom stereocenters. The summed E-state index contributed by atoms with van der Waals surface area (Å²) in [5.74, 6) is -0.175. The maximum absolute atomic E-state index is 10.8. The van der Waals surface area contributed by atoms with Crippen LogP contribution in [0, 0.1) is 21.4 Å². The van der Waals surface area contributed by atoms with Gasteiger partial charge in [-0.15, -0.1) is 0 Å². The van der Waals surface area contributed by atoms with Gasteiger partial charge in [-0.1, -0.05) is 6.92 Å². The second kappa shape index (κ2) is 4.72. The molecule has 86 valence electrons. The van der Waals surface area contributed by atoms with E-state index in [2.05, 4.69) is 4.98 Å². The third-order valence-electron chi connectivity index (χ3n) is 2.42. The summed E-state index contributed by atoms with van der Waals surface area (Å²) in [4.78, 5) is 15.8. The summed E-state index contributed by atoms with van der Waals surface area (Å²) in [6.45, 7) is 3.12. The van der Waals surface area contributed by atoms with E-state index >= 15 is 0 Å². The molecule has 16 heavy (non-hydrogen) atoms. The van der Waals surface area contributed by atoms with Crippen LogP contribution in [-0.4, -0.2) is 33.0 Å². The van der Waals surface area contributed by atoms with E-state index in [1.54, 1.807) is 7.05 Å². The number of aromatic nitrogens is 2. The van der Waals surface area contributed by atoms with Gasteiger partial charge in [-0.05, 0) is 23.5 Å². The molecule has 0 aliphatic rings. The van der Waals surface area contributed by atoms with E-state index in [1.807, 2.05) is 24.9 Å². The molecule has 0 aliphatic heterocycles. The van der Waals surface area contributed by atoms with Crippen molar-refractivity contribution in [3.05, 3.63) is 21.6 Å². The van der Waals surface area contributed by atoms with E-state index in [-0.39, 0.29) is 11.6 Å². The van der Waals surface area contributed by atoms with Gasteiger partial charge in [-0.3, -0.25) is 4.57 Å². The van der Waals surface area contributed by atoms with Crippen molar-refractivity contribution in [3.63, 3.8) is 0 Å². The first-order chi connectivity index (χ1) is 7.51. The van der Waals surface area contributed by atoms with Crippen molar-refractivity contribution in [2.45, 2.75) is 13.5 Å². The van der Waals surface area contributed by atoms with Crippen molar-refractivity contribution >= 4 is 5.82 Å². The lowest BCUT2D eigenvalue weighted by Gasteiger charge is -2.12. The van der Waals surface area contributed by atoms with Crippen LogP contribution in [0.4, 0.5) is 5.82 Å². The highest BCUT2D eigenvalue weighted by atomic mass is 16.6. The summed E-state index contributed by atoms with van der Waals surface area (Å²) in [5.41, 5.74) is 0.450. The number of nitriles is 1. The number of rotatable bonds is 4. The third-order valence-corrected chi connectivity index (χ3v) is 2.42. The Morgan fingerprint density at radius 3 is 2.75 bits per heavy atom. The maximum Gasteiger partial charge on any atom is 0.387 e. The maximum atomic E-state index is 10.8. The zero-order valence-corrected chi connectivity index (χ0v) is 9.47. The van der Waals surface area contributed by atoms with Crippen LogP contribution in [0.1, 0.15) is 18.4 Å². The molecule has 0 radical (unpaired) electrons. The first-order valence-electron chi connectivity index (χ1n) is 4.79. The smallest absolute Gasteiger partial charge is 0.358 e. The summed E-state index contributed by atoms with van der Waals surface area (Å²) in [6, 6.07) is 1.83. The highest BCUT2D eigenvalue weighted by molar-refractivity contribution is 5.33. The van der Waals surface area contributed by atoms with Gasteiger partial charge in [0.1, 0.15) is 5.69 Å². The molecule has 1 rings (SSSR count). The molecule has 1 heterocycles. The Morgan fingerprint density at radius 2 is 2.31 bits per heavy atom. The topological polar surface area (TPSA) is 88.0 Å². The standard InChI is InChI=1S/C9H13N5O2/c1-4-12(2)6-7-9(14(15)16)11-8(5-10)13(7)3/h4,6H2,1-3H3. The first-order valence-corrected chi connectivity index (χ1v) is 4.79. The van der Waals surface area contributed by atoms with Crippen molar-refractivity contribution in [3.8, 4) is 6.07 Å². The van der Waals surface area contributed by atoms with Crippen LogP contribution in [0.2, 0.25) is 0 Å². The van der Waals surface area contributed by atoms with Gasteiger partial charge in [-0.2, -0.15) is 5.26 Å². The minimum atomic E-state index is -0.556. The van der Waals surface area contributed by atoms with E-state index < -0.39 is 4.92 Å². The van der Waals surface area contributed by atoms with E-state index in [1.165, 1.54) is 4.57 Å². The predicted octanol–water partition coefficient (Wildman–Crippen LogP) is 0.652. The van der Waals surface area contributed by atoms with Gasteiger partial charge < -0.3 is 15.0 Å². The first kappa shape index (κ1) is 12.1. The molecule has 0 fully saturated rings. The van der Waals surface area contributed by atoms with Crippen molar-refractivity contribution < 1.29 is 4.92 Å². The Balaban J connectivity index is 3.19. The van der Waals surface area contributed by atoms with E-state index in [9.17, 15) is 10.1 Å². The molecule has 0 aliphatic carbocycles. The molecule has 0 saturated carbocycles. The molecular formula is C9H13N5O2. The SMILES string of the molecule is CCN(C)Cc1c([N+](=O)[O-])nc(C#N)n1C. The molecule has 0 spiro atoms. The van der Waals surface area contributed by atoms with Crippen LogP contribution in [0.5, 0.6) is 0 Å². The fourth-order valence-electron chi connectivity index (χ4n) is 1.31. The Labute approximate surface area is 93.1 Å². The third kappa shape index (κ3) is 2.17. The normalized spacial score (nSPS) is 10.4. The number of hydrogen-bond acceptors (Lipinski definition) is 5. The van der Waals surface area contributed by atoms with Crippen LogP contribution in [0.15, 0.2) is 0 Å². The van der Waals surface area contributed by atoms with Crippen LogP contribution < -0.4 is 0 Å². The number of nitrogens with zero attached hydrogens (tertiary/aromatic N) is 5. The quantitative estimate of drug-likeness (QED) is 0.552. The van der Waals surface area contributed by atoms with Crippen molar-refractivity contribution in [1.82, 2.24) is 14.5 Å². The highest BCUT2D eigenvalue weighted by Gasteiger charge is 2.25. The zero-order chi connectivity index (χ0) is 12.3. The molecule has 7 nitrogen and oxygen atoms in total. The summed E-state index contributed by atoms with van der Waals surface area (Å²) < 4.78 is 1.46. The second-order valence-electron chi connectivity index (χ2n) is 3.46. The van der Waals surface area contributed by atoms with E-state index in [0.717, 1.165) is 6.54 Å². The molecular weight excluding hydrogens is 210 g/mol. The van der Waals surface area contributed by atoms with Crippen molar-refractivity contribution in [2.24, 2.45) is 7.05 Å². The minimum Gasteiger partial charge on any atom is -0.358 e. The fraction of sp³-hybridized carbons (Fsp3) is 0.556. The van der Waals surface area contributed by atoms with Gasteiger partial charge in [0.15, 0.2) is 6.07 Å². The number of nitro groups is 1. The summed E-state index contributed by atoms with van der Waals surface area (Å²) in [6.07, 6.45) is 0. The highest BCUT2D eigenvalue weighted by Crippen LogP contribution is 2.19. The molecule has 0 saturated heterocycles. The van der Waals surface area contributed by atoms with Crippen molar-refractivity contribution in [2.75, 3.05) is 13.6 Å². The fourth-order valence-corrected chi connectivity index (χ4v) is 1.31. The molecule has 7 heteroatoms. The molecule has 0 N–H and O–H groups in total. The van der Waals surface area contributed by atoms with E-state index in [0.29, 0.717) is 12.2 Å². The van der Waals surface area contributed by atoms with E-state index in [4.69, 9.17) is 5.26 Å². The molecule has 1 aromatic heterocycles. The number of hydrogen-bond donors (Lipinski definition) is 0. The average molecular weight is 223 g/mol. The molecule has 0 atom stereocenters. The van der Waals surface area contributed by atoms with Crippen molar-refractivity contribution in [1.29, 1.82) is 5.26 Å². The van der Waals surface area contributed by atoms with Gasteiger partial charge in [0.05, 0.1) is 0 Å². The van der Waals surface area contributed by atoms with Gasteiger partial charge in [0.2, 0.25) is 0 Å². The van der Waals surface area contributed by atoms with Gasteiger partial charge in [0.25, 0.3) is 0 Å². The largest absolute Gasteiger partial charge is 0.387 e. The van der Waals surface area contributed by atoms with Crippen LogP contribution in [0.3, 0.4) is 0 Å². The molecule has 0 bridgehead atoms. The number of imidazole rings is 1. The van der Waals surface area contributed by atoms with Gasteiger partial charge >= 0.3 is 11.6 Å². The monoisotopic (exact) mass is 223 g/mol. The predicted molar refractivity (Wildman–Crippen MR) is 56.6 cm³/mol. The van der Waals surface area contributed by atoms with Crippen LogP contribution in [-0.2, 0) is 13.6 Å². The summed E-state index contributed by atoms with van der Waals surface area (Å²) in [5, 5.41) is 19.5. The summed E-state index contributed by atoms with van der Waals surface area (Å²) in [7, 11) is 3.46.